The molecule has 2 aromatic carbocycles. The van der Waals surface area contributed by atoms with E-state index in [1.54, 1.807) is 0 Å². The summed E-state index contributed by atoms with van der Waals surface area (Å²) in [5.41, 5.74) is 3.12. The first-order chi connectivity index (χ1) is 14.4. The van der Waals surface area contributed by atoms with Gasteiger partial charge in [0, 0.05) is 14.9 Å². The summed E-state index contributed by atoms with van der Waals surface area (Å²) in [5.74, 6) is -0.203. The van der Waals surface area contributed by atoms with Crippen molar-refractivity contribution in [3.8, 4) is 16.9 Å². The number of amides is 1. The number of esters is 1. The van der Waals surface area contributed by atoms with Crippen LogP contribution in [0.3, 0.4) is 0 Å². The van der Waals surface area contributed by atoms with Gasteiger partial charge in [0.2, 0.25) is 0 Å². The van der Waals surface area contributed by atoms with Crippen molar-refractivity contribution in [1.29, 1.82) is 0 Å². The summed E-state index contributed by atoms with van der Waals surface area (Å²) in [4.78, 5) is 26.0. The number of benzene rings is 2. The number of thiophene rings is 1. The number of aryl methyl sites for hydroxylation is 2. The number of methoxy groups -OCH3 is 1. The van der Waals surface area contributed by atoms with Gasteiger partial charge in [-0.2, -0.15) is 0 Å². The second-order valence-corrected chi connectivity index (χ2v) is 8.71. The molecule has 0 saturated carbocycles. The van der Waals surface area contributed by atoms with Crippen LogP contribution in [0.15, 0.2) is 53.0 Å². The number of hydrogen-bond acceptors (Lipinski definition) is 5. The van der Waals surface area contributed by atoms with Gasteiger partial charge < -0.3 is 14.8 Å². The van der Waals surface area contributed by atoms with Gasteiger partial charge in [0.15, 0.2) is 6.61 Å². The van der Waals surface area contributed by atoms with E-state index >= 15 is 0 Å². The van der Waals surface area contributed by atoms with Crippen LogP contribution in [-0.2, 0) is 16.0 Å². The van der Waals surface area contributed by atoms with Crippen LogP contribution >= 0.6 is 27.3 Å². The van der Waals surface area contributed by atoms with Crippen LogP contribution in [0.2, 0.25) is 0 Å². The molecule has 5 nitrogen and oxygen atoms in total. The lowest BCUT2D eigenvalue weighted by molar-refractivity contribution is -0.118. The Hall–Kier alpha value is -2.64. The van der Waals surface area contributed by atoms with E-state index in [9.17, 15) is 9.59 Å². The molecule has 3 rings (SSSR count). The Morgan fingerprint density at radius 1 is 1.13 bits per heavy atom. The maximum Gasteiger partial charge on any atom is 0.341 e. The zero-order valence-corrected chi connectivity index (χ0v) is 19.4. The van der Waals surface area contributed by atoms with Gasteiger partial charge in [-0.1, -0.05) is 47.1 Å². The van der Waals surface area contributed by atoms with Crippen molar-refractivity contribution in [2.75, 3.05) is 19.0 Å². The highest BCUT2D eigenvalue weighted by molar-refractivity contribution is 9.10. The quantitative estimate of drug-likeness (QED) is 0.424. The highest BCUT2D eigenvalue weighted by atomic mass is 79.9. The average molecular weight is 488 g/mol. The van der Waals surface area contributed by atoms with Crippen molar-refractivity contribution in [3.05, 3.63) is 69.0 Å². The summed E-state index contributed by atoms with van der Waals surface area (Å²) >= 11 is 4.76. The van der Waals surface area contributed by atoms with E-state index < -0.39 is 5.97 Å². The molecule has 1 heterocycles. The molecule has 0 fully saturated rings. The lowest BCUT2D eigenvalue weighted by Crippen LogP contribution is -2.21. The summed E-state index contributed by atoms with van der Waals surface area (Å²) in [7, 11) is 1.33. The van der Waals surface area contributed by atoms with Crippen LogP contribution < -0.4 is 10.1 Å². The summed E-state index contributed by atoms with van der Waals surface area (Å²) in [5, 5.41) is 3.26. The Kier molecular flexibility index (Phi) is 7.29. The molecule has 1 N–H and O–H groups in total. The number of carbonyl (C=O) groups excluding carboxylic acids is 2. The number of nitrogens with one attached hydrogen (secondary N) is 1. The third-order valence-electron chi connectivity index (χ3n) is 4.54. The predicted molar refractivity (Wildman–Crippen MR) is 123 cm³/mol. The molecule has 0 aliphatic rings. The van der Waals surface area contributed by atoms with E-state index in [-0.39, 0.29) is 12.5 Å². The van der Waals surface area contributed by atoms with Gasteiger partial charge >= 0.3 is 5.97 Å². The third-order valence-corrected chi connectivity index (χ3v) is 6.09. The largest absolute Gasteiger partial charge is 0.484 e. The van der Waals surface area contributed by atoms with E-state index in [1.165, 1.54) is 18.4 Å². The molecular formula is C23H22BrNO4S. The smallest absolute Gasteiger partial charge is 0.341 e. The maximum atomic E-state index is 12.5. The summed E-state index contributed by atoms with van der Waals surface area (Å²) < 4.78 is 11.5. The molecule has 0 aliphatic carbocycles. The van der Waals surface area contributed by atoms with Crippen molar-refractivity contribution < 1.29 is 19.1 Å². The minimum absolute atomic E-state index is 0.154. The van der Waals surface area contributed by atoms with Crippen LogP contribution in [0.5, 0.6) is 5.75 Å². The molecule has 0 spiro atoms. The average Bonchev–Trinajstić information content (AvgIpc) is 3.07. The molecule has 0 bridgehead atoms. The van der Waals surface area contributed by atoms with E-state index in [1.807, 2.05) is 55.5 Å². The van der Waals surface area contributed by atoms with Gasteiger partial charge in [-0.25, -0.2) is 4.79 Å². The van der Waals surface area contributed by atoms with Crippen LogP contribution in [0.1, 0.15) is 27.7 Å². The third kappa shape index (κ3) is 5.09. The van der Waals surface area contributed by atoms with E-state index in [0.29, 0.717) is 16.3 Å². The standard InChI is InChI=1S/C23H22BrNO4S/c1-4-15-6-5-7-18(12-15)29-13-19(26)25-22-21(23(27)28-3)20(14(2)30-22)16-8-10-17(24)11-9-16/h5-12H,4,13H2,1-3H3,(H,25,26). The van der Waals surface area contributed by atoms with Gasteiger partial charge in [-0.05, 0) is 48.7 Å². The first-order valence-electron chi connectivity index (χ1n) is 9.42. The summed E-state index contributed by atoms with van der Waals surface area (Å²) in [6.07, 6.45) is 0.888. The molecule has 0 unspecified atom stereocenters. The number of anilines is 1. The Bertz CT molecular complexity index is 1060. The fourth-order valence-corrected chi connectivity index (χ4v) is 4.41. The molecule has 0 aliphatic heterocycles. The normalized spacial score (nSPS) is 10.5. The first-order valence-corrected chi connectivity index (χ1v) is 11.0. The zero-order valence-electron chi connectivity index (χ0n) is 17.0. The molecular weight excluding hydrogens is 466 g/mol. The van der Waals surface area contributed by atoms with Crippen LogP contribution in [0, 0.1) is 6.92 Å². The number of ether oxygens (including phenoxy) is 2. The fourth-order valence-electron chi connectivity index (χ4n) is 3.06. The molecule has 156 valence electrons. The van der Waals surface area contributed by atoms with Gasteiger partial charge in [0.1, 0.15) is 16.3 Å². The fraction of sp³-hybridized carbons (Fsp3) is 0.217. The number of carbonyl (C=O) groups is 2. The Morgan fingerprint density at radius 2 is 1.87 bits per heavy atom. The van der Waals surface area contributed by atoms with Crippen molar-refractivity contribution in [2.45, 2.75) is 20.3 Å². The van der Waals surface area contributed by atoms with E-state index in [0.717, 1.165) is 32.5 Å². The van der Waals surface area contributed by atoms with Crippen molar-refractivity contribution >= 4 is 44.1 Å². The molecule has 0 radical (unpaired) electrons. The topological polar surface area (TPSA) is 64.6 Å². The summed E-state index contributed by atoms with van der Waals surface area (Å²) in [6.45, 7) is 3.82. The van der Waals surface area contributed by atoms with Gasteiger partial charge in [-0.15, -0.1) is 11.3 Å². The van der Waals surface area contributed by atoms with Gasteiger partial charge in [0.05, 0.1) is 7.11 Å². The van der Waals surface area contributed by atoms with Crippen molar-refractivity contribution in [1.82, 2.24) is 0 Å². The maximum absolute atomic E-state index is 12.5. The minimum atomic E-state index is -0.496. The molecule has 30 heavy (non-hydrogen) atoms. The van der Waals surface area contributed by atoms with Crippen LogP contribution in [-0.4, -0.2) is 25.6 Å². The van der Waals surface area contributed by atoms with Gasteiger partial charge in [-0.3, -0.25) is 4.79 Å². The highest BCUT2D eigenvalue weighted by Crippen LogP contribution is 2.40. The lowest BCUT2D eigenvalue weighted by atomic mass is 10.0. The summed E-state index contributed by atoms with van der Waals surface area (Å²) in [6, 6.07) is 15.3. The molecule has 0 atom stereocenters. The minimum Gasteiger partial charge on any atom is -0.484 e. The SMILES string of the molecule is CCc1cccc(OCC(=O)Nc2sc(C)c(-c3ccc(Br)cc3)c2C(=O)OC)c1. The predicted octanol–water partition coefficient (Wildman–Crippen LogP) is 5.85. The van der Waals surface area contributed by atoms with Crippen LogP contribution in [0.4, 0.5) is 5.00 Å². The van der Waals surface area contributed by atoms with Crippen molar-refractivity contribution in [3.63, 3.8) is 0 Å². The second kappa shape index (κ2) is 9.91. The Labute approximate surface area is 188 Å². The Balaban J connectivity index is 1.82. The highest BCUT2D eigenvalue weighted by Gasteiger charge is 2.25. The zero-order chi connectivity index (χ0) is 21.7. The first kappa shape index (κ1) is 22.1. The molecule has 3 aromatic rings. The Morgan fingerprint density at radius 3 is 2.53 bits per heavy atom. The molecule has 1 aromatic heterocycles. The van der Waals surface area contributed by atoms with Gasteiger partial charge in [0.25, 0.3) is 5.91 Å². The number of hydrogen-bond donors (Lipinski definition) is 1. The van der Waals surface area contributed by atoms with Crippen LogP contribution in [0.25, 0.3) is 11.1 Å². The molecule has 7 heteroatoms. The molecule has 0 saturated heterocycles. The van der Waals surface area contributed by atoms with E-state index in [2.05, 4.69) is 28.2 Å². The van der Waals surface area contributed by atoms with E-state index in [4.69, 9.17) is 9.47 Å². The number of halogens is 1. The second-order valence-electron chi connectivity index (χ2n) is 6.57. The monoisotopic (exact) mass is 487 g/mol. The lowest BCUT2D eigenvalue weighted by Gasteiger charge is -2.10. The molecule has 1 amide bonds. The number of rotatable bonds is 7. The van der Waals surface area contributed by atoms with Crippen molar-refractivity contribution in [2.24, 2.45) is 0 Å².